The summed E-state index contributed by atoms with van der Waals surface area (Å²) in [5.41, 5.74) is 1.72. The summed E-state index contributed by atoms with van der Waals surface area (Å²) >= 11 is 6.01. The molecule has 0 heterocycles. The van der Waals surface area contributed by atoms with Gasteiger partial charge in [0, 0.05) is 10.6 Å². The molecule has 6 heteroatoms. The second-order valence-corrected chi connectivity index (χ2v) is 6.42. The van der Waals surface area contributed by atoms with E-state index in [0.29, 0.717) is 22.3 Å². The van der Waals surface area contributed by atoms with E-state index in [-0.39, 0.29) is 11.9 Å². The Labute approximate surface area is 159 Å². The molecule has 0 aliphatic rings. The molecule has 1 amide bonds. The van der Waals surface area contributed by atoms with Crippen molar-refractivity contribution in [1.82, 2.24) is 5.32 Å². The number of methoxy groups -OCH3 is 2. The van der Waals surface area contributed by atoms with E-state index in [2.05, 4.69) is 5.32 Å². The van der Waals surface area contributed by atoms with Gasteiger partial charge in [0.25, 0.3) is 5.91 Å². The van der Waals surface area contributed by atoms with Crippen molar-refractivity contribution < 1.29 is 19.0 Å². The highest BCUT2D eigenvalue weighted by atomic mass is 35.5. The van der Waals surface area contributed by atoms with E-state index in [0.717, 1.165) is 11.1 Å². The zero-order valence-corrected chi connectivity index (χ0v) is 16.4. The van der Waals surface area contributed by atoms with E-state index in [1.165, 1.54) is 0 Å². The Morgan fingerprint density at radius 1 is 1.04 bits per heavy atom. The van der Waals surface area contributed by atoms with Crippen LogP contribution < -0.4 is 19.5 Å². The first-order valence-corrected chi connectivity index (χ1v) is 8.68. The monoisotopic (exact) mass is 377 g/mol. The van der Waals surface area contributed by atoms with Gasteiger partial charge in [0.05, 0.1) is 20.3 Å². The Bertz CT molecular complexity index is 778. The van der Waals surface area contributed by atoms with Gasteiger partial charge in [-0.05, 0) is 62.7 Å². The van der Waals surface area contributed by atoms with Crippen LogP contribution in [0.3, 0.4) is 0 Å². The topological polar surface area (TPSA) is 56.8 Å². The summed E-state index contributed by atoms with van der Waals surface area (Å²) in [6.45, 7) is 5.47. The number of hydrogen-bond donors (Lipinski definition) is 1. The van der Waals surface area contributed by atoms with Crippen LogP contribution in [0.1, 0.15) is 31.0 Å². The first-order chi connectivity index (χ1) is 12.3. The third-order valence-electron chi connectivity index (χ3n) is 4.07. The highest BCUT2D eigenvalue weighted by Gasteiger charge is 2.20. The Kier molecular flexibility index (Phi) is 6.75. The van der Waals surface area contributed by atoms with Crippen molar-refractivity contribution in [3.05, 3.63) is 52.5 Å². The van der Waals surface area contributed by atoms with Crippen LogP contribution in [0.4, 0.5) is 0 Å². The summed E-state index contributed by atoms with van der Waals surface area (Å²) in [4.78, 5) is 12.5. The predicted octanol–water partition coefficient (Wildman–Crippen LogP) is 4.31. The van der Waals surface area contributed by atoms with Crippen LogP contribution in [-0.2, 0) is 4.79 Å². The summed E-state index contributed by atoms with van der Waals surface area (Å²) < 4.78 is 16.4. The SMILES string of the molecule is COc1ccc(OC)c([C@@H](C)NC(=O)[C@H](C)Oc2ccc(Cl)c(C)c2)c1. The van der Waals surface area contributed by atoms with Gasteiger partial charge in [0.1, 0.15) is 17.2 Å². The fraction of sp³-hybridized carbons (Fsp3) is 0.350. The minimum absolute atomic E-state index is 0.227. The van der Waals surface area contributed by atoms with Crippen LogP contribution in [0, 0.1) is 6.92 Å². The summed E-state index contributed by atoms with van der Waals surface area (Å²) in [5.74, 6) is 1.75. The summed E-state index contributed by atoms with van der Waals surface area (Å²) in [7, 11) is 3.19. The average molecular weight is 378 g/mol. The van der Waals surface area contributed by atoms with Gasteiger partial charge in [-0.25, -0.2) is 0 Å². The number of benzene rings is 2. The summed E-state index contributed by atoms with van der Waals surface area (Å²) in [6, 6.07) is 10.5. The van der Waals surface area contributed by atoms with Crippen LogP contribution in [0.25, 0.3) is 0 Å². The number of carbonyl (C=O) groups is 1. The number of ether oxygens (including phenoxy) is 3. The summed E-state index contributed by atoms with van der Waals surface area (Å²) in [6.07, 6.45) is -0.658. The second-order valence-electron chi connectivity index (χ2n) is 6.01. The molecule has 5 nitrogen and oxygen atoms in total. The van der Waals surface area contributed by atoms with E-state index in [9.17, 15) is 4.79 Å². The van der Waals surface area contributed by atoms with Crippen molar-refractivity contribution >= 4 is 17.5 Å². The van der Waals surface area contributed by atoms with Crippen LogP contribution in [0.15, 0.2) is 36.4 Å². The van der Waals surface area contributed by atoms with Gasteiger partial charge in [0.2, 0.25) is 0 Å². The Hall–Kier alpha value is -2.40. The van der Waals surface area contributed by atoms with Crippen LogP contribution in [0.5, 0.6) is 17.2 Å². The molecule has 0 aliphatic carbocycles. The van der Waals surface area contributed by atoms with E-state index < -0.39 is 6.10 Å². The van der Waals surface area contributed by atoms with Gasteiger partial charge in [-0.2, -0.15) is 0 Å². The largest absolute Gasteiger partial charge is 0.497 e. The van der Waals surface area contributed by atoms with Crippen LogP contribution in [-0.4, -0.2) is 26.2 Å². The van der Waals surface area contributed by atoms with Crippen molar-refractivity contribution in [3.63, 3.8) is 0 Å². The lowest BCUT2D eigenvalue weighted by atomic mass is 10.1. The number of hydrogen-bond acceptors (Lipinski definition) is 4. The molecule has 0 spiro atoms. The number of carbonyl (C=O) groups excluding carboxylic acids is 1. The van der Waals surface area contributed by atoms with E-state index >= 15 is 0 Å². The lowest BCUT2D eigenvalue weighted by molar-refractivity contribution is -0.127. The molecule has 2 atom stereocenters. The number of rotatable bonds is 7. The van der Waals surface area contributed by atoms with Crippen molar-refractivity contribution in [1.29, 1.82) is 0 Å². The number of nitrogens with one attached hydrogen (secondary N) is 1. The molecule has 2 aromatic carbocycles. The first kappa shape index (κ1) is 19.9. The van der Waals surface area contributed by atoms with Crippen molar-refractivity contribution in [2.24, 2.45) is 0 Å². The van der Waals surface area contributed by atoms with E-state index in [1.54, 1.807) is 39.3 Å². The van der Waals surface area contributed by atoms with Crippen LogP contribution in [0.2, 0.25) is 5.02 Å². The Morgan fingerprint density at radius 3 is 2.35 bits per heavy atom. The molecule has 0 bridgehead atoms. The fourth-order valence-corrected chi connectivity index (χ4v) is 2.65. The van der Waals surface area contributed by atoms with Gasteiger partial charge in [-0.3, -0.25) is 4.79 Å². The molecule has 0 saturated carbocycles. The molecule has 140 valence electrons. The van der Waals surface area contributed by atoms with Gasteiger partial charge < -0.3 is 19.5 Å². The predicted molar refractivity (Wildman–Crippen MR) is 102 cm³/mol. The molecule has 1 N–H and O–H groups in total. The Balaban J connectivity index is 2.07. The highest BCUT2D eigenvalue weighted by molar-refractivity contribution is 6.31. The molecular formula is C20H24ClNO4. The molecule has 0 unspecified atom stereocenters. The van der Waals surface area contributed by atoms with Gasteiger partial charge in [-0.15, -0.1) is 0 Å². The van der Waals surface area contributed by atoms with Crippen LogP contribution >= 0.6 is 11.6 Å². The maximum absolute atomic E-state index is 12.5. The van der Waals surface area contributed by atoms with Crippen molar-refractivity contribution in [2.45, 2.75) is 32.9 Å². The third-order valence-corrected chi connectivity index (χ3v) is 4.50. The lowest BCUT2D eigenvalue weighted by Crippen LogP contribution is -2.37. The quantitative estimate of drug-likeness (QED) is 0.781. The maximum Gasteiger partial charge on any atom is 0.261 e. The normalized spacial score (nSPS) is 12.8. The van der Waals surface area contributed by atoms with Gasteiger partial charge in [-0.1, -0.05) is 11.6 Å². The van der Waals surface area contributed by atoms with E-state index in [1.807, 2.05) is 32.0 Å². The molecule has 0 aliphatic heterocycles. The standard InChI is InChI=1S/C20H24ClNO4/c1-12-10-16(6-8-18(12)21)26-14(3)20(23)22-13(2)17-11-15(24-4)7-9-19(17)25-5/h6-11,13-14H,1-5H3,(H,22,23)/t13-,14+/m1/s1. The number of amides is 1. The maximum atomic E-state index is 12.5. The molecule has 0 fully saturated rings. The number of halogens is 1. The molecule has 0 saturated heterocycles. The smallest absolute Gasteiger partial charge is 0.261 e. The lowest BCUT2D eigenvalue weighted by Gasteiger charge is -2.21. The van der Waals surface area contributed by atoms with Gasteiger partial charge >= 0.3 is 0 Å². The molecule has 0 aromatic heterocycles. The molecular weight excluding hydrogens is 354 g/mol. The number of aryl methyl sites for hydroxylation is 1. The van der Waals surface area contributed by atoms with Crippen molar-refractivity contribution in [2.75, 3.05) is 14.2 Å². The van der Waals surface area contributed by atoms with Gasteiger partial charge in [0.15, 0.2) is 6.10 Å². The summed E-state index contributed by atoms with van der Waals surface area (Å²) in [5, 5.41) is 3.60. The minimum Gasteiger partial charge on any atom is -0.497 e. The first-order valence-electron chi connectivity index (χ1n) is 8.30. The average Bonchev–Trinajstić information content (AvgIpc) is 2.63. The fourth-order valence-electron chi connectivity index (χ4n) is 2.53. The van der Waals surface area contributed by atoms with E-state index in [4.69, 9.17) is 25.8 Å². The molecule has 2 rings (SSSR count). The molecule has 26 heavy (non-hydrogen) atoms. The zero-order valence-electron chi connectivity index (χ0n) is 15.6. The molecule has 0 radical (unpaired) electrons. The second kappa shape index (κ2) is 8.81. The Morgan fingerprint density at radius 2 is 1.73 bits per heavy atom. The van der Waals surface area contributed by atoms with Crippen molar-refractivity contribution in [3.8, 4) is 17.2 Å². The highest BCUT2D eigenvalue weighted by Crippen LogP contribution is 2.29. The molecule has 2 aromatic rings. The zero-order chi connectivity index (χ0) is 19.3. The third kappa shape index (κ3) is 4.82. The minimum atomic E-state index is -0.658.